The molecule has 2 atom stereocenters. The quantitative estimate of drug-likeness (QED) is 0.796. The lowest BCUT2D eigenvalue weighted by Crippen LogP contribution is -2.34. The highest BCUT2D eigenvalue weighted by Crippen LogP contribution is 2.40. The summed E-state index contributed by atoms with van der Waals surface area (Å²) in [6.07, 6.45) is 3.90. The molecule has 0 radical (unpaired) electrons. The topological polar surface area (TPSA) is 35.2 Å². The van der Waals surface area contributed by atoms with Crippen LogP contribution in [-0.4, -0.2) is 6.10 Å². The van der Waals surface area contributed by atoms with Crippen LogP contribution in [0.15, 0.2) is 18.2 Å². The Hall–Kier alpha value is -1.18. The summed E-state index contributed by atoms with van der Waals surface area (Å²) in [6.45, 7) is 9.05. The van der Waals surface area contributed by atoms with Gasteiger partial charge in [-0.05, 0) is 55.2 Å². The minimum atomic E-state index is 0.324. The average Bonchev–Trinajstić information content (AvgIpc) is 2.10. The maximum absolute atomic E-state index is 6.14. The van der Waals surface area contributed by atoms with E-state index in [-0.39, 0.29) is 0 Å². The maximum atomic E-state index is 6.14. The van der Waals surface area contributed by atoms with E-state index in [4.69, 9.17) is 10.5 Å². The first-order valence-electron chi connectivity index (χ1n) is 6.88. The van der Waals surface area contributed by atoms with Crippen molar-refractivity contribution in [2.24, 2.45) is 11.3 Å². The summed E-state index contributed by atoms with van der Waals surface area (Å²) < 4.78 is 6.14. The number of nitrogen functional groups attached to an aromatic ring is 1. The lowest BCUT2D eigenvalue weighted by Gasteiger charge is -2.38. The van der Waals surface area contributed by atoms with Crippen LogP contribution in [0.3, 0.4) is 0 Å². The number of rotatable bonds is 2. The van der Waals surface area contributed by atoms with Crippen LogP contribution >= 0.6 is 0 Å². The van der Waals surface area contributed by atoms with E-state index in [1.54, 1.807) is 0 Å². The van der Waals surface area contributed by atoms with Crippen molar-refractivity contribution in [1.29, 1.82) is 0 Å². The zero-order valence-corrected chi connectivity index (χ0v) is 12.0. The van der Waals surface area contributed by atoms with Gasteiger partial charge in [0.25, 0.3) is 0 Å². The molecule has 0 heterocycles. The van der Waals surface area contributed by atoms with Crippen molar-refractivity contribution in [2.45, 2.75) is 53.1 Å². The van der Waals surface area contributed by atoms with Gasteiger partial charge >= 0.3 is 0 Å². The first-order valence-corrected chi connectivity index (χ1v) is 6.88. The van der Waals surface area contributed by atoms with Gasteiger partial charge in [0.15, 0.2) is 0 Å². The molecule has 0 aliphatic heterocycles. The van der Waals surface area contributed by atoms with Gasteiger partial charge < -0.3 is 10.5 Å². The molecule has 1 aliphatic carbocycles. The van der Waals surface area contributed by atoms with Crippen LogP contribution < -0.4 is 10.5 Å². The molecule has 100 valence electrons. The van der Waals surface area contributed by atoms with Crippen LogP contribution in [0.1, 0.15) is 45.6 Å². The first-order chi connectivity index (χ1) is 8.34. The molecule has 2 N–H and O–H groups in total. The largest absolute Gasteiger partial charge is 0.490 e. The van der Waals surface area contributed by atoms with E-state index in [9.17, 15) is 0 Å². The highest BCUT2D eigenvalue weighted by atomic mass is 16.5. The van der Waals surface area contributed by atoms with Crippen molar-refractivity contribution < 1.29 is 4.74 Å². The predicted molar refractivity (Wildman–Crippen MR) is 76.8 cm³/mol. The monoisotopic (exact) mass is 247 g/mol. The van der Waals surface area contributed by atoms with Gasteiger partial charge in [-0.3, -0.25) is 0 Å². The van der Waals surface area contributed by atoms with Gasteiger partial charge in [-0.1, -0.05) is 20.8 Å². The molecule has 2 nitrogen and oxygen atoms in total. The summed E-state index contributed by atoms with van der Waals surface area (Å²) in [5.74, 6) is 1.66. The zero-order chi connectivity index (χ0) is 13.3. The molecule has 2 heteroatoms. The molecule has 1 fully saturated rings. The van der Waals surface area contributed by atoms with Crippen LogP contribution in [0, 0.1) is 18.3 Å². The third kappa shape index (κ3) is 3.41. The second kappa shape index (κ2) is 4.83. The average molecular weight is 247 g/mol. The van der Waals surface area contributed by atoms with E-state index in [0.717, 1.165) is 35.8 Å². The highest BCUT2D eigenvalue weighted by Gasteiger charge is 2.33. The number of ether oxygens (including phenoxy) is 1. The predicted octanol–water partition coefficient (Wildman–Crippen LogP) is 4.17. The standard InChI is InChI=1S/C16H25NO/c1-11-5-13(17)8-14(6-11)18-15-7-12(2)9-16(3,4)10-15/h5-6,8,12,15H,7,9-10,17H2,1-4H3. The fourth-order valence-corrected chi connectivity index (χ4v) is 3.39. The van der Waals surface area contributed by atoms with E-state index in [1.807, 2.05) is 12.1 Å². The molecular weight excluding hydrogens is 222 g/mol. The van der Waals surface area contributed by atoms with Gasteiger partial charge in [0, 0.05) is 11.8 Å². The molecule has 0 saturated heterocycles. The first kappa shape index (κ1) is 13.3. The lowest BCUT2D eigenvalue weighted by molar-refractivity contribution is 0.0563. The van der Waals surface area contributed by atoms with Crippen LogP contribution in [0.2, 0.25) is 0 Å². The molecule has 0 amide bonds. The Balaban J connectivity index is 2.08. The summed E-state index contributed by atoms with van der Waals surface area (Å²) in [4.78, 5) is 0. The van der Waals surface area contributed by atoms with Crippen LogP contribution in [0.4, 0.5) is 5.69 Å². The van der Waals surface area contributed by atoms with Crippen LogP contribution in [0.5, 0.6) is 5.75 Å². The van der Waals surface area contributed by atoms with Crippen molar-refractivity contribution in [2.75, 3.05) is 5.73 Å². The Labute approximate surface area is 111 Å². The Bertz CT molecular complexity index is 405. The third-order valence-electron chi connectivity index (χ3n) is 3.72. The van der Waals surface area contributed by atoms with Gasteiger partial charge in [0.2, 0.25) is 0 Å². The molecule has 0 bridgehead atoms. The number of benzene rings is 1. The maximum Gasteiger partial charge on any atom is 0.122 e. The molecule has 2 rings (SSSR count). The number of hydrogen-bond donors (Lipinski definition) is 1. The molecule has 1 aliphatic rings. The van der Waals surface area contributed by atoms with Crippen molar-refractivity contribution in [3.63, 3.8) is 0 Å². The summed E-state index contributed by atoms with van der Waals surface area (Å²) >= 11 is 0. The van der Waals surface area contributed by atoms with Gasteiger partial charge in [-0.2, -0.15) is 0 Å². The van der Waals surface area contributed by atoms with E-state index < -0.39 is 0 Å². The minimum Gasteiger partial charge on any atom is -0.490 e. The SMILES string of the molecule is Cc1cc(N)cc(OC2CC(C)CC(C)(C)C2)c1. The third-order valence-corrected chi connectivity index (χ3v) is 3.72. The summed E-state index contributed by atoms with van der Waals surface area (Å²) in [5.41, 5.74) is 8.20. The Kier molecular flexibility index (Phi) is 3.56. The molecule has 1 aromatic rings. The second-order valence-corrected chi connectivity index (χ2v) is 6.73. The molecule has 2 unspecified atom stereocenters. The second-order valence-electron chi connectivity index (χ2n) is 6.73. The number of anilines is 1. The van der Waals surface area contributed by atoms with Gasteiger partial charge in [-0.15, -0.1) is 0 Å². The van der Waals surface area contributed by atoms with E-state index in [0.29, 0.717) is 11.5 Å². The van der Waals surface area contributed by atoms with Gasteiger partial charge in [0.1, 0.15) is 5.75 Å². The molecule has 18 heavy (non-hydrogen) atoms. The van der Waals surface area contributed by atoms with E-state index >= 15 is 0 Å². The fourth-order valence-electron chi connectivity index (χ4n) is 3.39. The highest BCUT2D eigenvalue weighted by molar-refractivity contribution is 5.47. The minimum absolute atomic E-state index is 0.324. The van der Waals surface area contributed by atoms with Crippen molar-refractivity contribution in [3.05, 3.63) is 23.8 Å². The number of hydrogen-bond acceptors (Lipinski definition) is 2. The molecule has 0 aromatic heterocycles. The normalized spacial score (nSPS) is 26.9. The van der Waals surface area contributed by atoms with Crippen molar-refractivity contribution in [1.82, 2.24) is 0 Å². The number of aryl methyl sites for hydroxylation is 1. The van der Waals surface area contributed by atoms with E-state index in [1.165, 1.54) is 6.42 Å². The summed E-state index contributed by atoms with van der Waals surface area (Å²) in [5, 5.41) is 0. The molecule has 1 aromatic carbocycles. The summed E-state index contributed by atoms with van der Waals surface area (Å²) in [6, 6.07) is 5.97. The molecule has 1 saturated carbocycles. The number of nitrogens with two attached hydrogens (primary N) is 1. The Morgan fingerprint density at radius 1 is 1.22 bits per heavy atom. The van der Waals surface area contributed by atoms with Crippen LogP contribution in [0.25, 0.3) is 0 Å². The lowest BCUT2D eigenvalue weighted by atomic mass is 9.71. The molecule has 0 spiro atoms. The molecular formula is C16H25NO. The van der Waals surface area contributed by atoms with Crippen molar-refractivity contribution >= 4 is 5.69 Å². The zero-order valence-electron chi connectivity index (χ0n) is 12.0. The van der Waals surface area contributed by atoms with Gasteiger partial charge in [0.05, 0.1) is 6.10 Å². The van der Waals surface area contributed by atoms with Crippen molar-refractivity contribution in [3.8, 4) is 5.75 Å². The van der Waals surface area contributed by atoms with E-state index in [2.05, 4.69) is 33.8 Å². The summed E-state index contributed by atoms with van der Waals surface area (Å²) in [7, 11) is 0. The Morgan fingerprint density at radius 3 is 2.56 bits per heavy atom. The van der Waals surface area contributed by atoms with Crippen LogP contribution in [-0.2, 0) is 0 Å². The van der Waals surface area contributed by atoms with Gasteiger partial charge in [-0.25, -0.2) is 0 Å². The Morgan fingerprint density at radius 2 is 1.94 bits per heavy atom. The smallest absolute Gasteiger partial charge is 0.122 e. The fraction of sp³-hybridized carbons (Fsp3) is 0.625.